The third-order valence-electron chi connectivity index (χ3n) is 23.0. The van der Waals surface area contributed by atoms with E-state index in [-0.39, 0.29) is 52.0 Å². The van der Waals surface area contributed by atoms with E-state index in [1.54, 1.807) is 72.8 Å². The maximum atomic E-state index is 11.5. The summed E-state index contributed by atoms with van der Waals surface area (Å²) in [5.74, 6) is 7.33. The average Bonchev–Trinajstić information content (AvgIpc) is 1.66. The first-order chi connectivity index (χ1) is 69.2. The van der Waals surface area contributed by atoms with Crippen LogP contribution in [0.1, 0.15) is 161 Å². The van der Waals surface area contributed by atoms with E-state index in [4.69, 9.17) is 131 Å². The summed E-state index contributed by atoms with van der Waals surface area (Å²) in [6, 6.07) is 54.8. The van der Waals surface area contributed by atoms with Crippen LogP contribution < -0.4 is 61.6 Å². The van der Waals surface area contributed by atoms with Crippen molar-refractivity contribution in [2.24, 2.45) is 0 Å². The van der Waals surface area contributed by atoms with Crippen LogP contribution in [0.15, 0.2) is 182 Å². The molecule has 1 N–H and O–H groups in total. The Kier molecular flexibility index (Phi) is 47.0. The highest BCUT2D eigenvalue weighted by Gasteiger charge is 2.30. The van der Waals surface area contributed by atoms with Gasteiger partial charge in [-0.3, -0.25) is 0 Å². The second kappa shape index (κ2) is 58.2. The number of halogens is 6. The van der Waals surface area contributed by atoms with Crippen LogP contribution in [0, 0.1) is 90.0 Å². The number of hydrogen-bond acceptors (Lipinski definition) is 27. The van der Waals surface area contributed by atoms with Gasteiger partial charge >= 0.3 is 36.9 Å². The number of methoxy groups -OCH3 is 6. The summed E-state index contributed by atoms with van der Waals surface area (Å²) in [6.07, 6.45) is -1.62. The van der Waals surface area contributed by atoms with Crippen molar-refractivity contribution in [2.75, 3.05) is 49.3 Å². The summed E-state index contributed by atoms with van der Waals surface area (Å²) in [5, 5.41) is 12.8. The van der Waals surface area contributed by atoms with Gasteiger partial charge in [0.1, 0.15) is 114 Å². The molecule has 0 aromatic heterocycles. The number of carbonyl (C=O) groups excluding carboxylic acids is 6. The number of hydrogen-bond donors (Lipinski definition) is 2. The predicted molar refractivity (Wildman–Crippen MR) is 564 cm³/mol. The number of rotatable bonds is 30. The Morgan fingerprint density at radius 2 is 0.497 bits per heavy atom. The zero-order valence-electron chi connectivity index (χ0n) is 84.8. The van der Waals surface area contributed by atoms with Gasteiger partial charge in [0.05, 0.1) is 91.6 Å². The van der Waals surface area contributed by atoms with E-state index in [0.717, 1.165) is 131 Å². The van der Waals surface area contributed by atoms with E-state index in [9.17, 15) is 33.9 Å². The second-order valence-electron chi connectivity index (χ2n) is 32.9. The summed E-state index contributed by atoms with van der Waals surface area (Å²) >= 11 is 41.8. The third kappa shape index (κ3) is 35.1. The molecule has 13 rings (SSSR count). The number of aryl methyl sites for hydroxylation is 14. The van der Waals surface area contributed by atoms with Crippen LogP contribution in [0.3, 0.4) is 0 Å². The van der Waals surface area contributed by atoms with Gasteiger partial charge in [0.25, 0.3) is 0 Å². The van der Waals surface area contributed by atoms with Crippen molar-refractivity contribution >= 4 is 119 Å². The Hall–Kier alpha value is -13.1. The number of carbonyl (C=O) groups is 6. The van der Waals surface area contributed by atoms with Gasteiger partial charge in [0.15, 0.2) is 0 Å². The summed E-state index contributed by atoms with van der Waals surface area (Å²) < 4.78 is 99.3. The quantitative estimate of drug-likeness (QED) is 0.0183. The molecular formula is C112H120Cl6O26S. The second-order valence-corrected chi connectivity index (χ2v) is 35.7. The first-order valence-corrected chi connectivity index (χ1v) is 48.6. The highest BCUT2D eigenvalue weighted by molar-refractivity contribution is 7.79. The topological polar surface area (TPSA) is 298 Å². The molecule has 0 atom stereocenters. The van der Waals surface area contributed by atoms with E-state index in [0.29, 0.717) is 134 Å². The minimum atomic E-state index is -0.837. The minimum Gasteiger partial charge on any atom is -0.493 e. The Labute approximate surface area is 882 Å². The van der Waals surface area contributed by atoms with Crippen molar-refractivity contribution in [1.29, 1.82) is 0 Å². The lowest BCUT2D eigenvalue weighted by Gasteiger charge is -2.16. The maximum absolute atomic E-state index is 11.5. The van der Waals surface area contributed by atoms with Crippen molar-refractivity contribution in [3.05, 3.63) is 340 Å². The number of thiol groups is 1. The molecule has 145 heavy (non-hydrogen) atoms. The molecule has 12 aromatic rings. The van der Waals surface area contributed by atoms with Gasteiger partial charge < -0.3 is 95.1 Å². The predicted octanol–water partition coefficient (Wildman–Crippen LogP) is 30.2. The van der Waals surface area contributed by atoms with Gasteiger partial charge in [-0.1, -0.05) is 143 Å². The van der Waals surface area contributed by atoms with Crippen LogP contribution in [0.4, 0.5) is 28.8 Å². The molecule has 772 valence electrons. The van der Waals surface area contributed by atoms with Crippen LogP contribution in [-0.2, 0) is 86.8 Å². The largest absolute Gasteiger partial charge is 0.513 e. The van der Waals surface area contributed by atoms with Crippen molar-refractivity contribution < 1.29 is 124 Å². The van der Waals surface area contributed by atoms with Gasteiger partial charge in [-0.15, -0.1) is 0 Å². The molecule has 0 amide bonds. The smallest absolute Gasteiger partial charge is 0.493 e. The van der Waals surface area contributed by atoms with E-state index < -0.39 is 36.9 Å². The van der Waals surface area contributed by atoms with Gasteiger partial charge in [-0.2, -0.15) is 12.6 Å². The summed E-state index contributed by atoms with van der Waals surface area (Å²) in [7, 11) is 7.57. The summed E-state index contributed by atoms with van der Waals surface area (Å²) in [6.45, 7) is 31.2. The van der Waals surface area contributed by atoms with Gasteiger partial charge in [-0.05, 0) is 332 Å². The first kappa shape index (κ1) is 117. The molecule has 1 aliphatic carbocycles. The van der Waals surface area contributed by atoms with Crippen molar-refractivity contribution in [3.8, 4) is 74.7 Å². The molecule has 1 saturated carbocycles. The molecule has 0 unspecified atom stereocenters. The molecule has 0 aliphatic heterocycles. The number of aliphatic hydroxyl groups is 1. The van der Waals surface area contributed by atoms with Crippen LogP contribution in [0.25, 0.3) is 0 Å². The van der Waals surface area contributed by atoms with E-state index in [1.165, 1.54) is 42.7 Å². The van der Waals surface area contributed by atoms with Crippen LogP contribution in [0.2, 0.25) is 30.1 Å². The fraction of sp³-hybridized carbons (Fsp3) is 0.304. The molecule has 0 bridgehead atoms. The van der Waals surface area contributed by atoms with Gasteiger partial charge in [-0.25, -0.2) is 28.8 Å². The van der Waals surface area contributed by atoms with Crippen LogP contribution in [-0.4, -0.2) is 91.3 Å². The molecular weight excluding hydrogens is 2010 g/mol. The summed E-state index contributed by atoms with van der Waals surface area (Å²) in [5.41, 5.74) is 22.1. The Morgan fingerprint density at radius 1 is 0.269 bits per heavy atom. The zero-order valence-corrected chi connectivity index (χ0v) is 90.2. The normalized spacial score (nSPS) is 10.9. The van der Waals surface area contributed by atoms with Gasteiger partial charge in [0.2, 0.25) is 0 Å². The van der Waals surface area contributed by atoms with Crippen molar-refractivity contribution in [1.82, 2.24) is 0 Å². The monoisotopic (exact) mass is 2120 g/mol. The molecule has 0 radical (unpaired) electrons. The SMILES string of the molecule is CCOc1cccc(OC(=O)OC)c1COc1cc(C)c(C)cc1Cl.CCc1cccc(OC(=O)OC)c1COc1cc(C)c(C)cc1Cl.COC(=O)Oc1cccc(C)c1COc1cc(C)c(C)cc1Cl.COC(=O)Oc1cccc(C2CC2)c1COc1cc(C)c(C)cc1Cl.COC(=O)Oc1cccc(CO)c1COc1cc(C)c(C)cc1Cl.COC(=O)Oc1cccc(CS)c1COc1cc(C)c(C)cc1Cl. The molecule has 12 aromatic carbocycles. The lowest BCUT2D eigenvalue weighted by atomic mass is 10.0. The number of benzene rings is 12. The lowest BCUT2D eigenvalue weighted by molar-refractivity contribution is 0.119. The Bertz CT molecular complexity index is 6200. The number of aliphatic hydroxyl groups excluding tert-OH is 1. The highest BCUT2D eigenvalue weighted by Crippen LogP contribution is 2.46. The molecule has 0 spiro atoms. The van der Waals surface area contributed by atoms with Crippen LogP contribution in [0.5, 0.6) is 74.7 Å². The highest BCUT2D eigenvalue weighted by atomic mass is 35.5. The molecule has 0 heterocycles. The first-order valence-electron chi connectivity index (χ1n) is 45.7. The molecule has 1 aliphatic rings. The van der Waals surface area contributed by atoms with Gasteiger partial charge in [0, 0.05) is 33.6 Å². The lowest BCUT2D eigenvalue weighted by Crippen LogP contribution is -2.11. The number of ether oxygens (including phenoxy) is 19. The van der Waals surface area contributed by atoms with E-state index >= 15 is 0 Å². The van der Waals surface area contributed by atoms with Crippen molar-refractivity contribution in [3.63, 3.8) is 0 Å². The maximum Gasteiger partial charge on any atom is 0.513 e. The fourth-order valence-electron chi connectivity index (χ4n) is 13.8. The summed E-state index contributed by atoms with van der Waals surface area (Å²) in [4.78, 5) is 68.6. The fourth-order valence-corrected chi connectivity index (χ4v) is 15.7. The Balaban J connectivity index is 0.000000212. The minimum absolute atomic E-state index is 0.0886. The van der Waals surface area contributed by atoms with Crippen molar-refractivity contribution in [2.45, 2.75) is 181 Å². The molecule has 33 heteroatoms. The van der Waals surface area contributed by atoms with Crippen LogP contribution >= 0.6 is 82.2 Å². The standard InChI is InChI=1S/C20H21ClO4.C19H21ClO5.C19H21ClO4.C18H19ClO5.C18H19ClO4S.C18H19ClO4/c1-12-9-17(21)19(10-13(12)2)24-11-16-15(14-7-8-14)5-4-6-18(16)25-20(22)23-3;1-5-23-16-7-6-8-17(25-19(21)22-4)14(16)11-24-18-10-13(3)12(2)9-15(18)20;1-5-14-7-6-8-17(24-19(21)22-4)15(14)11-23-18-10-13(3)12(2)9-16(18)20;1-11-7-15(19)17(8-12(11)2)23-10-14-13(9-20)5-4-6-16(14)24-18(21)22-3;1-11-7-15(19)17(8-12(11)2)22-9-14-13(10-24)5-4-6-16(14)23-18(20)21-3;1-11-6-5-7-16(23-18(20)21-4)14(11)10-22-17-9-13(3)12(2)8-15(17)19/h4-6,9-10,14H,7-8,11H2,1-3H3;6-10H,5,11H2,1-4H3;6-10H,5,11H2,1-4H3;4-8,20H,9-10H2,1-3H3;4-8,24H,9-10H2,1-3H3;5-9H,10H2,1-4H3. The molecule has 0 saturated heterocycles. The molecule has 26 nitrogen and oxygen atoms in total. The Morgan fingerprint density at radius 3 is 0.786 bits per heavy atom. The molecule has 1 fully saturated rings. The van der Waals surface area contributed by atoms with E-state index in [1.807, 2.05) is 207 Å². The third-order valence-corrected chi connectivity index (χ3v) is 25.1. The van der Waals surface area contributed by atoms with E-state index in [2.05, 4.69) is 47.1 Å². The zero-order chi connectivity index (χ0) is 106. The average molecular weight is 2130 g/mol.